The van der Waals surface area contributed by atoms with E-state index in [1.165, 1.54) is 18.5 Å². The lowest BCUT2D eigenvalue weighted by molar-refractivity contribution is 0.0695. The molecular weight excluding hydrogens is 339 g/mol. The zero-order valence-electron chi connectivity index (χ0n) is 13.8. The SMILES string of the molecule is CCn1cc(C(=O)O)c(=O)c2cc(F)c(N/N=C/c3cccnc3)cc21. The summed E-state index contributed by atoms with van der Waals surface area (Å²) in [5.74, 6) is -2.05. The predicted octanol–water partition coefficient (Wildman–Crippen LogP) is 2.70. The van der Waals surface area contributed by atoms with Gasteiger partial charge >= 0.3 is 5.97 Å². The number of aromatic carboxylic acids is 1. The molecule has 2 N–H and O–H groups in total. The Bertz CT molecular complexity index is 1060. The maximum Gasteiger partial charge on any atom is 0.341 e. The summed E-state index contributed by atoms with van der Waals surface area (Å²) >= 11 is 0. The molecule has 0 amide bonds. The van der Waals surface area contributed by atoms with E-state index in [1.54, 1.807) is 36.0 Å². The molecule has 0 aliphatic carbocycles. The van der Waals surface area contributed by atoms with Crippen LogP contribution in [0.15, 0.2) is 52.8 Å². The highest BCUT2D eigenvalue weighted by Gasteiger charge is 2.16. The first-order valence-corrected chi connectivity index (χ1v) is 7.80. The summed E-state index contributed by atoms with van der Waals surface area (Å²) in [7, 11) is 0. The van der Waals surface area contributed by atoms with Crippen LogP contribution in [0.3, 0.4) is 0 Å². The highest BCUT2D eigenvalue weighted by Crippen LogP contribution is 2.22. The number of aryl methyl sites for hydroxylation is 1. The molecule has 0 atom stereocenters. The van der Waals surface area contributed by atoms with Crippen molar-refractivity contribution in [1.82, 2.24) is 9.55 Å². The van der Waals surface area contributed by atoms with Crippen molar-refractivity contribution in [2.24, 2.45) is 5.10 Å². The van der Waals surface area contributed by atoms with Gasteiger partial charge in [-0.15, -0.1) is 0 Å². The van der Waals surface area contributed by atoms with Gasteiger partial charge in [-0.2, -0.15) is 5.10 Å². The lowest BCUT2D eigenvalue weighted by Gasteiger charge is -2.12. The highest BCUT2D eigenvalue weighted by atomic mass is 19.1. The molecule has 0 aliphatic heterocycles. The number of halogens is 1. The summed E-state index contributed by atoms with van der Waals surface area (Å²) < 4.78 is 15.9. The van der Waals surface area contributed by atoms with Crippen LogP contribution in [-0.4, -0.2) is 26.8 Å². The standard InChI is InChI=1S/C18H15FN4O3/c1-2-23-10-13(18(25)26)17(24)12-6-14(19)15(7-16(12)23)22-21-9-11-4-3-5-20-8-11/h3-10,22H,2H2,1H3,(H,25,26)/b21-9+. The fraction of sp³-hybridized carbons (Fsp3) is 0.111. The molecule has 26 heavy (non-hydrogen) atoms. The summed E-state index contributed by atoms with van der Waals surface area (Å²) in [6.45, 7) is 2.22. The van der Waals surface area contributed by atoms with Gasteiger partial charge in [0.15, 0.2) is 0 Å². The minimum atomic E-state index is -1.34. The first kappa shape index (κ1) is 17.3. The number of fused-ring (bicyclic) bond motifs is 1. The zero-order valence-corrected chi connectivity index (χ0v) is 13.8. The maximum atomic E-state index is 14.3. The van der Waals surface area contributed by atoms with E-state index in [4.69, 9.17) is 5.11 Å². The number of nitrogens with zero attached hydrogens (tertiary/aromatic N) is 3. The maximum absolute atomic E-state index is 14.3. The number of hydrogen-bond acceptors (Lipinski definition) is 5. The summed E-state index contributed by atoms with van der Waals surface area (Å²) in [5, 5.41) is 13.1. The highest BCUT2D eigenvalue weighted by molar-refractivity contribution is 5.93. The van der Waals surface area contributed by atoms with E-state index < -0.39 is 22.8 Å². The first-order valence-electron chi connectivity index (χ1n) is 7.80. The molecule has 132 valence electrons. The van der Waals surface area contributed by atoms with Crippen LogP contribution in [0.4, 0.5) is 10.1 Å². The average Bonchev–Trinajstić information content (AvgIpc) is 2.64. The third kappa shape index (κ3) is 3.30. The third-order valence-corrected chi connectivity index (χ3v) is 3.82. The number of benzene rings is 1. The minimum absolute atomic E-state index is 0.00559. The van der Waals surface area contributed by atoms with Crippen molar-refractivity contribution >= 4 is 28.8 Å². The van der Waals surface area contributed by atoms with Crippen LogP contribution in [0.1, 0.15) is 22.8 Å². The lowest BCUT2D eigenvalue weighted by Crippen LogP contribution is -2.19. The number of pyridine rings is 2. The van der Waals surface area contributed by atoms with Gasteiger partial charge in [-0.25, -0.2) is 9.18 Å². The van der Waals surface area contributed by atoms with Gasteiger partial charge in [-0.05, 0) is 25.1 Å². The van der Waals surface area contributed by atoms with E-state index in [0.29, 0.717) is 12.1 Å². The van der Waals surface area contributed by atoms with Crippen LogP contribution in [0.5, 0.6) is 0 Å². The van der Waals surface area contributed by atoms with Crippen LogP contribution >= 0.6 is 0 Å². The number of aromatic nitrogens is 2. The van der Waals surface area contributed by atoms with Crippen molar-refractivity contribution in [3.63, 3.8) is 0 Å². The average molecular weight is 354 g/mol. The quantitative estimate of drug-likeness (QED) is 0.542. The molecule has 8 heteroatoms. The van der Waals surface area contributed by atoms with Gasteiger partial charge < -0.3 is 9.67 Å². The van der Waals surface area contributed by atoms with Gasteiger partial charge in [-0.3, -0.25) is 15.2 Å². The van der Waals surface area contributed by atoms with Gasteiger partial charge in [0, 0.05) is 36.1 Å². The van der Waals surface area contributed by atoms with Crippen molar-refractivity contribution in [2.75, 3.05) is 5.43 Å². The largest absolute Gasteiger partial charge is 0.477 e. The molecular formula is C18H15FN4O3. The molecule has 0 radical (unpaired) electrons. The van der Waals surface area contributed by atoms with Crippen molar-refractivity contribution < 1.29 is 14.3 Å². The molecule has 0 fully saturated rings. The van der Waals surface area contributed by atoms with Crippen LogP contribution in [0.25, 0.3) is 10.9 Å². The van der Waals surface area contributed by atoms with Gasteiger partial charge in [0.25, 0.3) is 0 Å². The Hall–Kier alpha value is -3.55. The molecule has 0 spiro atoms. The molecule has 3 aromatic rings. The Labute approximate surface area is 147 Å². The van der Waals surface area contributed by atoms with Gasteiger partial charge in [0.1, 0.15) is 11.4 Å². The Kier molecular flexibility index (Phi) is 4.74. The second-order valence-electron chi connectivity index (χ2n) is 5.47. The van der Waals surface area contributed by atoms with Crippen molar-refractivity contribution in [1.29, 1.82) is 0 Å². The van der Waals surface area contributed by atoms with E-state index >= 15 is 0 Å². The molecule has 2 heterocycles. The van der Waals surface area contributed by atoms with E-state index in [1.807, 2.05) is 0 Å². The zero-order chi connectivity index (χ0) is 18.7. The monoisotopic (exact) mass is 354 g/mol. The predicted molar refractivity (Wildman–Crippen MR) is 96.3 cm³/mol. The first-order chi connectivity index (χ1) is 12.5. The minimum Gasteiger partial charge on any atom is -0.477 e. The Morgan fingerprint density at radius 3 is 2.92 bits per heavy atom. The number of anilines is 1. The van der Waals surface area contributed by atoms with Crippen LogP contribution in [0, 0.1) is 5.82 Å². The van der Waals surface area contributed by atoms with Gasteiger partial charge in [0.2, 0.25) is 5.43 Å². The Morgan fingerprint density at radius 2 is 2.27 bits per heavy atom. The second kappa shape index (κ2) is 7.14. The number of carboxylic acids is 1. The Balaban J connectivity index is 2.04. The van der Waals surface area contributed by atoms with E-state index in [9.17, 15) is 14.0 Å². The van der Waals surface area contributed by atoms with Crippen molar-refractivity contribution in [2.45, 2.75) is 13.5 Å². The molecule has 0 saturated heterocycles. The molecule has 0 saturated carbocycles. The van der Waals surface area contributed by atoms with E-state index in [-0.39, 0.29) is 11.1 Å². The number of hydrogen-bond donors (Lipinski definition) is 2. The summed E-state index contributed by atoms with van der Waals surface area (Å²) in [6.07, 6.45) is 5.97. The molecule has 0 bridgehead atoms. The molecule has 0 unspecified atom stereocenters. The molecule has 7 nitrogen and oxygen atoms in total. The fourth-order valence-electron chi connectivity index (χ4n) is 2.54. The van der Waals surface area contributed by atoms with E-state index in [0.717, 1.165) is 11.6 Å². The van der Waals surface area contributed by atoms with E-state index in [2.05, 4.69) is 15.5 Å². The topological polar surface area (TPSA) is 96.6 Å². The smallest absolute Gasteiger partial charge is 0.341 e. The number of carbonyl (C=O) groups is 1. The van der Waals surface area contributed by atoms with Crippen LogP contribution in [-0.2, 0) is 6.54 Å². The summed E-state index contributed by atoms with van der Waals surface area (Å²) in [4.78, 5) is 27.4. The molecule has 3 rings (SSSR count). The molecule has 0 aliphatic rings. The number of carboxylic acid groups (broad SMARTS) is 1. The van der Waals surface area contributed by atoms with Crippen molar-refractivity contribution in [3.8, 4) is 0 Å². The molecule has 1 aromatic carbocycles. The lowest BCUT2D eigenvalue weighted by atomic mass is 10.1. The van der Waals surface area contributed by atoms with Crippen molar-refractivity contribution in [3.05, 3.63) is 70.0 Å². The number of nitrogens with one attached hydrogen (secondary N) is 1. The number of rotatable bonds is 5. The number of hydrazone groups is 1. The second-order valence-corrected chi connectivity index (χ2v) is 5.47. The Morgan fingerprint density at radius 1 is 1.46 bits per heavy atom. The van der Waals surface area contributed by atoms with Crippen LogP contribution < -0.4 is 10.9 Å². The summed E-state index contributed by atoms with van der Waals surface area (Å²) in [5.41, 5.74) is 2.71. The van der Waals surface area contributed by atoms with Gasteiger partial charge in [0.05, 0.1) is 17.4 Å². The fourth-order valence-corrected chi connectivity index (χ4v) is 2.54. The molecule has 2 aromatic heterocycles. The normalized spacial score (nSPS) is 11.2. The third-order valence-electron chi connectivity index (χ3n) is 3.82. The van der Waals surface area contributed by atoms with Crippen LogP contribution in [0.2, 0.25) is 0 Å². The summed E-state index contributed by atoms with van der Waals surface area (Å²) in [6, 6.07) is 6.00. The van der Waals surface area contributed by atoms with Gasteiger partial charge in [-0.1, -0.05) is 6.07 Å².